The summed E-state index contributed by atoms with van der Waals surface area (Å²) >= 11 is 0. The lowest BCUT2D eigenvalue weighted by Crippen LogP contribution is -2.21. The molecule has 1 nitrogen and oxygen atoms in total. The second-order valence-electron chi connectivity index (χ2n) is 8.61. The third kappa shape index (κ3) is 4.97. The van der Waals surface area contributed by atoms with Crippen molar-refractivity contribution in [3.8, 4) is 5.75 Å². The summed E-state index contributed by atoms with van der Waals surface area (Å²) in [6.45, 7) is 2.14. The SMILES string of the molecule is CCCCCc1ccc2c(F)c(C3CCc4c(cc(F)c(OC(F)(F)F)c4F)C3)ccc2c1. The van der Waals surface area contributed by atoms with Gasteiger partial charge in [-0.3, -0.25) is 0 Å². The van der Waals surface area contributed by atoms with Gasteiger partial charge in [-0.25, -0.2) is 13.2 Å². The van der Waals surface area contributed by atoms with E-state index in [4.69, 9.17) is 0 Å². The number of ether oxygens (including phenoxy) is 1. The zero-order valence-electron chi connectivity index (χ0n) is 18.2. The van der Waals surface area contributed by atoms with Gasteiger partial charge in [0.05, 0.1) is 0 Å². The predicted octanol–water partition coefficient (Wildman–Crippen LogP) is 8.16. The van der Waals surface area contributed by atoms with Gasteiger partial charge in [-0.2, -0.15) is 0 Å². The summed E-state index contributed by atoms with van der Waals surface area (Å²) in [4.78, 5) is 0. The van der Waals surface area contributed by atoms with Gasteiger partial charge in [0.1, 0.15) is 5.82 Å². The number of hydrogen-bond acceptors (Lipinski definition) is 1. The number of fused-ring (bicyclic) bond motifs is 2. The number of halogens is 6. The molecule has 33 heavy (non-hydrogen) atoms. The Hall–Kier alpha value is -2.70. The summed E-state index contributed by atoms with van der Waals surface area (Å²) in [6, 6.07) is 10.1. The van der Waals surface area contributed by atoms with Crippen LogP contribution in [-0.4, -0.2) is 6.36 Å². The third-order valence-electron chi connectivity index (χ3n) is 6.35. The Labute approximate surface area is 188 Å². The number of unbranched alkanes of at least 4 members (excludes halogenated alkanes) is 2. The minimum Gasteiger partial charge on any atom is -0.399 e. The summed E-state index contributed by atoms with van der Waals surface area (Å²) in [5, 5.41) is 1.29. The second-order valence-corrected chi connectivity index (χ2v) is 8.61. The quantitative estimate of drug-likeness (QED) is 0.263. The molecule has 7 heteroatoms. The highest BCUT2D eigenvalue weighted by Crippen LogP contribution is 2.40. The fraction of sp³-hybridized carbons (Fsp3) is 0.385. The van der Waals surface area contributed by atoms with Gasteiger partial charge in [0.25, 0.3) is 0 Å². The molecule has 4 rings (SSSR count). The van der Waals surface area contributed by atoms with E-state index in [1.54, 1.807) is 12.1 Å². The van der Waals surface area contributed by atoms with E-state index in [-0.39, 0.29) is 35.7 Å². The van der Waals surface area contributed by atoms with Crippen molar-refractivity contribution in [2.75, 3.05) is 0 Å². The Balaban J connectivity index is 1.61. The molecule has 0 aliphatic heterocycles. The topological polar surface area (TPSA) is 9.23 Å². The van der Waals surface area contributed by atoms with Crippen molar-refractivity contribution in [3.05, 3.63) is 76.1 Å². The van der Waals surface area contributed by atoms with Crippen LogP contribution >= 0.6 is 0 Å². The maximum Gasteiger partial charge on any atom is 0.573 e. The van der Waals surface area contributed by atoms with Crippen molar-refractivity contribution >= 4 is 10.8 Å². The van der Waals surface area contributed by atoms with Crippen LogP contribution in [0.25, 0.3) is 10.8 Å². The molecule has 1 aliphatic carbocycles. The van der Waals surface area contributed by atoms with Gasteiger partial charge in [-0.05, 0) is 71.7 Å². The van der Waals surface area contributed by atoms with Crippen molar-refractivity contribution in [1.82, 2.24) is 0 Å². The molecule has 0 saturated heterocycles. The lowest BCUT2D eigenvalue weighted by Gasteiger charge is -2.27. The van der Waals surface area contributed by atoms with Crippen LogP contribution in [0.3, 0.4) is 0 Å². The van der Waals surface area contributed by atoms with Gasteiger partial charge in [0.2, 0.25) is 5.75 Å². The molecule has 0 N–H and O–H groups in total. The van der Waals surface area contributed by atoms with Crippen LogP contribution in [0.5, 0.6) is 5.75 Å². The standard InChI is InChI=1S/C26H24F6O/c1-2-3-4-5-15-6-9-19-16(12-15)7-10-20(23(19)28)17-8-11-21-18(13-17)14-22(27)25(24(21)29)33-26(30,31)32/h6-7,9-10,12,14,17H,2-5,8,11,13H2,1H3. The minimum atomic E-state index is -5.20. The summed E-state index contributed by atoms with van der Waals surface area (Å²) in [6.07, 6.45) is -0.395. The van der Waals surface area contributed by atoms with Crippen molar-refractivity contribution in [2.45, 2.75) is 64.1 Å². The lowest BCUT2D eigenvalue weighted by atomic mass is 9.79. The molecule has 3 aromatic carbocycles. The van der Waals surface area contributed by atoms with Gasteiger partial charge in [0, 0.05) is 5.39 Å². The van der Waals surface area contributed by atoms with Gasteiger partial charge >= 0.3 is 6.36 Å². The molecular weight excluding hydrogens is 442 g/mol. The van der Waals surface area contributed by atoms with E-state index in [1.807, 2.05) is 18.2 Å². The Kier molecular flexibility index (Phi) is 6.59. The van der Waals surface area contributed by atoms with Gasteiger partial charge in [-0.1, -0.05) is 50.1 Å². The van der Waals surface area contributed by atoms with Crippen LogP contribution in [0.1, 0.15) is 60.8 Å². The van der Waals surface area contributed by atoms with E-state index in [9.17, 15) is 22.0 Å². The van der Waals surface area contributed by atoms with E-state index in [2.05, 4.69) is 11.7 Å². The second kappa shape index (κ2) is 9.27. The predicted molar refractivity (Wildman–Crippen MR) is 115 cm³/mol. The molecule has 0 radical (unpaired) electrons. The maximum absolute atomic E-state index is 15.4. The number of hydrogen-bond donors (Lipinski definition) is 0. The molecule has 0 heterocycles. The zero-order chi connectivity index (χ0) is 23.8. The molecular formula is C26H24F6O. The van der Waals surface area contributed by atoms with E-state index < -0.39 is 23.7 Å². The summed E-state index contributed by atoms with van der Waals surface area (Å²) in [5.41, 5.74) is 1.83. The molecule has 0 amide bonds. The molecule has 0 bridgehead atoms. The first kappa shape index (κ1) is 23.5. The Morgan fingerprint density at radius 2 is 1.76 bits per heavy atom. The van der Waals surface area contributed by atoms with Crippen LogP contribution < -0.4 is 4.74 Å². The van der Waals surface area contributed by atoms with Crippen LogP contribution in [0.2, 0.25) is 0 Å². The first-order chi connectivity index (χ1) is 15.7. The van der Waals surface area contributed by atoms with Gasteiger partial charge < -0.3 is 4.74 Å². The van der Waals surface area contributed by atoms with E-state index in [0.29, 0.717) is 17.4 Å². The zero-order valence-corrected chi connectivity index (χ0v) is 18.2. The molecule has 1 aliphatic rings. The summed E-state index contributed by atoms with van der Waals surface area (Å²) < 4.78 is 85.2. The van der Waals surface area contributed by atoms with Crippen LogP contribution in [0.15, 0.2) is 36.4 Å². The van der Waals surface area contributed by atoms with Crippen molar-refractivity contribution in [3.63, 3.8) is 0 Å². The van der Waals surface area contributed by atoms with Crippen LogP contribution in [-0.2, 0) is 19.3 Å². The largest absolute Gasteiger partial charge is 0.573 e. The van der Waals surface area contributed by atoms with Crippen molar-refractivity contribution in [1.29, 1.82) is 0 Å². The van der Waals surface area contributed by atoms with Gasteiger partial charge in [-0.15, -0.1) is 13.2 Å². The molecule has 1 unspecified atom stereocenters. The highest BCUT2D eigenvalue weighted by Gasteiger charge is 2.36. The first-order valence-electron chi connectivity index (χ1n) is 11.1. The Morgan fingerprint density at radius 1 is 0.970 bits per heavy atom. The molecule has 1 atom stereocenters. The number of aryl methyl sites for hydroxylation is 1. The molecule has 0 fully saturated rings. The highest BCUT2D eigenvalue weighted by molar-refractivity contribution is 5.84. The lowest BCUT2D eigenvalue weighted by molar-refractivity contribution is -0.276. The average Bonchev–Trinajstić information content (AvgIpc) is 2.76. The molecule has 0 spiro atoms. The summed E-state index contributed by atoms with van der Waals surface area (Å²) in [5.74, 6) is -4.89. The molecule has 176 valence electrons. The van der Waals surface area contributed by atoms with Crippen LogP contribution in [0.4, 0.5) is 26.3 Å². The molecule has 0 saturated carbocycles. The number of alkyl halides is 3. The fourth-order valence-corrected chi connectivity index (χ4v) is 4.71. The molecule has 0 aromatic heterocycles. The molecule has 3 aromatic rings. The average molecular weight is 466 g/mol. The normalized spacial score (nSPS) is 16.2. The number of benzene rings is 3. The first-order valence-corrected chi connectivity index (χ1v) is 11.1. The smallest absolute Gasteiger partial charge is 0.399 e. The van der Waals surface area contributed by atoms with E-state index in [1.165, 1.54) is 0 Å². The summed E-state index contributed by atoms with van der Waals surface area (Å²) in [7, 11) is 0. The third-order valence-corrected chi connectivity index (χ3v) is 6.35. The van der Waals surface area contributed by atoms with Crippen molar-refractivity contribution < 1.29 is 31.1 Å². The van der Waals surface area contributed by atoms with Crippen molar-refractivity contribution in [2.24, 2.45) is 0 Å². The Bertz CT molecular complexity index is 1170. The number of rotatable bonds is 6. The van der Waals surface area contributed by atoms with Gasteiger partial charge in [0.15, 0.2) is 11.6 Å². The highest BCUT2D eigenvalue weighted by atomic mass is 19.4. The van der Waals surface area contributed by atoms with E-state index >= 15 is 4.39 Å². The monoisotopic (exact) mass is 466 g/mol. The fourth-order valence-electron chi connectivity index (χ4n) is 4.71. The van der Waals surface area contributed by atoms with Crippen LogP contribution in [0, 0.1) is 17.5 Å². The maximum atomic E-state index is 15.4. The Morgan fingerprint density at radius 3 is 2.48 bits per heavy atom. The minimum absolute atomic E-state index is 0.00943. The van der Waals surface area contributed by atoms with E-state index in [0.717, 1.165) is 42.7 Å².